The van der Waals surface area contributed by atoms with Crippen LogP contribution in [-0.4, -0.2) is 60.0 Å². The van der Waals surface area contributed by atoms with Gasteiger partial charge in [-0.1, -0.05) is 17.7 Å². The summed E-state index contributed by atoms with van der Waals surface area (Å²) in [6.07, 6.45) is 2.86. The predicted molar refractivity (Wildman–Crippen MR) is 129 cm³/mol. The van der Waals surface area contributed by atoms with Gasteiger partial charge in [-0.3, -0.25) is 4.79 Å². The van der Waals surface area contributed by atoms with E-state index >= 15 is 0 Å². The van der Waals surface area contributed by atoms with Gasteiger partial charge in [0.15, 0.2) is 11.6 Å². The molecule has 3 aromatic rings. The fourth-order valence-electron chi connectivity index (χ4n) is 4.22. The first-order chi connectivity index (χ1) is 16.5. The van der Waals surface area contributed by atoms with Crippen LogP contribution in [0.5, 0.6) is 5.75 Å². The van der Waals surface area contributed by atoms with Crippen LogP contribution in [-0.2, 0) is 9.47 Å². The lowest BCUT2D eigenvalue weighted by molar-refractivity contribution is -0.181. The molecule has 0 atom stereocenters. The second kappa shape index (κ2) is 9.58. The van der Waals surface area contributed by atoms with E-state index in [1.54, 1.807) is 30.3 Å². The number of halogens is 1. The zero-order valence-corrected chi connectivity index (χ0v) is 19.5. The van der Waals surface area contributed by atoms with Crippen LogP contribution < -0.4 is 10.1 Å². The standard InChI is InChI=1S/C25H25ClN4O4/c1-32-20-4-2-3-19(15-20)28-23-21(16-27-22(29-23)17-5-7-18(26)8-6-17)24(31)30-11-9-25(10-12-30)33-13-14-34-25/h2-8,15-16H,9-14H2,1H3,(H,27,28,29). The summed E-state index contributed by atoms with van der Waals surface area (Å²) in [4.78, 5) is 24.5. The third-order valence-electron chi connectivity index (χ3n) is 6.08. The predicted octanol–water partition coefficient (Wildman–Crippen LogP) is 4.53. The Morgan fingerprint density at radius 3 is 2.56 bits per heavy atom. The lowest BCUT2D eigenvalue weighted by atomic mass is 10.0. The molecule has 2 aromatic carbocycles. The monoisotopic (exact) mass is 480 g/mol. The van der Waals surface area contributed by atoms with E-state index in [0.717, 1.165) is 11.3 Å². The van der Waals surface area contributed by atoms with E-state index in [2.05, 4.69) is 10.3 Å². The minimum absolute atomic E-state index is 0.138. The van der Waals surface area contributed by atoms with E-state index in [-0.39, 0.29) is 5.91 Å². The zero-order valence-electron chi connectivity index (χ0n) is 18.8. The van der Waals surface area contributed by atoms with Crippen LogP contribution in [0.3, 0.4) is 0 Å². The normalized spacial score (nSPS) is 17.1. The minimum Gasteiger partial charge on any atom is -0.497 e. The highest BCUT2D eigenvalue weighted by Gasteiger charge is 2.41. The molecular formula is C25H25ClN4O4. The number of ether oxygens (including phenoxy) is 3. The largest absolute Gasteiger partial charge is 0.497 e. The molecule has 2 fully saturated rings. The van der Waals surface area contributed by atoms with E-state index in [1.165, 1.54) is 0 Å². The van der Waals surface area contributed by atoms with Gasteiger partial charge in [0.05, 0.1) is 20.3 Å². The van der Waals surface area contributed by atoms with E-state index in [4.69, 9.17) is 30.8 Å². The van der Waals surface area contributed by atoms with Crippen molar-refractivity contribution in [1.82, 2.24) is 14.9 Å². The Morgan fingerprint density at radius 2 is 1.85 bits per heavy atom. The highest BCUT2D eigenvalue weighted by molar-refractivity contribution is 6.30. The van der Waals surface area contributed by atoms with Gasteiger partial charge in [-0.25, -0.2) is 9.97 Å². The molecule has 1 N–H and O–H groups in total. The second-order valence-corrected chi connectivity index (χ2v) is 8.66. The quantitative estimate of drug-likeness (QED) is 0.574. The molecule has 1 aromatic heterocycles. The van der Waals surface area contributed by atoms with E-state index in [0.29, 0.717) is 67.1 Å². The first-order valence-electron chi connectivity index (χ1n) is 11.2. The zero-order chi connectivity index (χ0) is 23.5. The number of rotatable bonds is 5. The number of hydrogen-bond acceptors (Lipinski definition) is 7. The molecule has 2 saturated heterocycles. The number of carbonyl (C=O) groups excluding carboxylic acids is 1. The molecule has 0 bridgehead atoms. The SMILES string of the molecule is COc1cccc(Nc2nc(-c3ccc(Cl)cc3)ncc2C(=O)N2CCC3(CC2)OCCO3)c1. The number of benzene rings is 2. The molecule has 2 aliphatic heterocycles. The topological polar surface area (TPSA) is 85.8 Å². The van der Waals surface area contributed by atoms with Gasteiger partial charge in [-0.15, -0.1) is 0 Å². The fraction of sp³-hybridized carbons (Fsp3) is 0.320. The molecule has 8 nitrogen and oxygen atoms in total. The molecule has 0 unspecified atom stereocenters. The molecule has 0 aliphatic carbocycles. The molecule has 34 heavy (non-hydrogen) atoms. The fourth-order valence-corrected chi connectivity index (χ4v) is 4.34. The van der Waals surface area contributed by atoms with E-state index < -0.39 is 5.79 Å². The van der Waals surface area contributed by atoms with E-state index in [9.17, 15) is 4.79 Å². The Kier molecular flexibility index (Phi) is 6.36. The molecular weight excluding hydrogens is 456 g/mol. The number of nitrogens with zero attached hydrogens (tertiary/aromatic N) is 3. The summed E-state index contributed by atoms with van der Waals surface area (Å²) in [5.41, 5.74) is 1.94. The van der Waals surface area contributed by atoms with Crippen LogP contribution in [0.15, 0.2) is 54.7 Å². The Morgan fingerprint density at radius 1 is 1.12 bits per heavy atom. The van der Waals surface area contributed by atoms with Gasteiger partial charge in [-0.05, 0) is 36.4 Å². The Labute approximate surface area is 202 Å². The third-order valence-corrected chi connectivity index (χ3v) is 6.33. The molecule has 1 amide bonds. The lowest BCUT2D eigenvalue weighted by Gasteiger charge is -2.37. The van der Waals surface area contributed by atoms with Crippen LogP contribution in [0, 0.1) is 0 Å². The molecule has 3 heterocycles. The van der Waals surface area contributed by atoms with Crippen LogP contribution in [0.25, 0.3) is 11.4 Å². The maximum Gasteiger partial charge on any atom is 0.259 e. The summed E-state index contributed by atoms with van der Waals surface area (Å²) in [6.45, 7) is 2.28. The number of hydrogen-bond donors (Lipinski definition) is 1. The Balaban J connectivity index is 1.45. The van der Waals surface area contributed by atoms with Crippen LogP contribution in [0.1, 0.15) is 23.2 Å². The second-order valence-electron chi connectivity index (χ2n) is 8.22. The van der Waals surface area contributed by atoms with Gasteiger partial charge in [0.1, 0.15) is 17.1 Å². The van der Waals surface area contributed by atoms with Gasteiger partial charge >= 0.3 is 0 Å². The summed E-state index contributed by atoms with van der Waals surface area (Å²) in [5.74, 6) is 0.924. The van der Waals surface area contributed by atoms with Crippen molar-refractivity contribution in [2.75, 3.05) is 38.7 Å². The molecule has 9 heteroatoms. The number of carbonyl (C=O) groups is 1. The molecule has 2 aliphatic rings. The van der Waals surface area contributed by atoms with Gasteiger partial charge in [-0.2, -0.15) is 0 Å². The minimum atomic E-state index is -0.548. The Bertz CT molecular complexity index is 1170. The van der Waals surface area contributed by atoms with Gasteiger partial charge in [0.2, 0.25) is 0 Å². The van der Waals surface area contributed by atoms with Crippen molar-refractivity contribution in [3.63, 3.8) is 0 Å². The van der Waals surface area contributed by atoms with Crippen molar-refractivity contribution in [1.29, 1.82) is 0 Å². The smallest absolute Gasteiger partial charge is 0.259 e. The molecule has 0 radical (unpaired) electrons. The van der Waals surface area contributed by atoms with Gasteiger partial charge < -0.3 is 24.4 Å². The summed E-state index contributed by atoms with van der Waals surface area (Å²) in [5, 5.41) is 3.91. The number of methoxy groups -OCH3 is 1. The number of likely N-dealkylation sites (tertiary alicyclic amines) is 1. The van der Waals surface area contributed by atoms with Crippen LogP contribution in [0.2, 0.25) is 5.02 Å². The van der Waals surface area contributed by atoms with Crippen LogP contribution in [0.4, 0.5) is 11.5 Å². The van der Waals surface area contributed by atoms with Crippen molar-refractivity contribution < 1.29 is 19.0 Å². The first-order valence-corrected chi connectivity index (χ1v) is 11.5. The third kappa shape index (κ3) is 4.70. The highest BCUT2D eigenvalue weighted by Crippen LogP contribution is 2.33. The summed E-state index contributed by atoms with van der Waals surface area (Å²) in [7, 11) is 1.61. The summed E-state index contributed by atoms with van der Waals surface area (Å²) < 4.78 is 16.9. The van der Waals surface area contributed by atoms with Crippen molar-refractivity contribution >= 4 is 29.0 Å². The summed E-state index contributed by atoms with van der Waals surface area (Å²) >= 11 is 6.03. The summed E-state index contributed by atoms with van der Waals surface area (Å²) in [6, 6.07) is 14.7. The van der Waals surface area contributed by atoms with Gasteiger partial charge in [0.25, 0.3) is 5.91 Å². The van der Waals surface area contributed by atoms with E-state index in [1.807, 2.05) is 36.4 Å². The van der Waals surface area contributed by atoms with Crippen molar-refractivity contribution in [3.8, 4) is 17.1 Å². The van der Waals surface area contributed by atoms with Crippen molar-refractivity contribution in [2.24, 2.45) is 0 Å². The average molecular weight is 481 g/mol. The van der Waals surface area contributed by atoms with Crippen LogP contribution >= 0.6 is 11.6 Å². The maximum atomic E-state index is 13.5. The van der Waals surface area contributed by atoms with Gasteiger partial charge in [0, 0.05) is 54.5 Å². The number of amides is 1. The molecule has 5 rings (SSSR count). The van der Waals surface area contributed by atoms with Crippen molar-refractivity contribution in [3.05, 3.63) is 65.3 Å². The number of piperidine rings is 1. The Hall–Kier alpha value is -3.20. The first kappa shape index (κ1) is 22.6. The molecule has 0 saturated carbocycles. The average Bonchev–Trinajstić information content (AvgIpc) is 3.32. The highest BCUT2D eigenvalue weighted by atomic mass is 35.5. The lowest BCUT2D eigenvalue weighted by Crippen LogP contribution is -2.47. The molecule has 1 spiro atoms. The molecule has 176 valence electrons. The number of anilines is 2. The maximum absolute atomic E-state index is 13.5. The number of aromatic nitrogens is 2. The number of nitrogens with one attached hydrogen (secondary N) is 1. The van der Waals surface area contributed by atoms with Crippen molar-refractivity contribution in [2.45, 2.75) is 18.6 Å².